The first-order chi connectivity index (χ1) is 9.00. The average Bonchev–Trinajstić information content (AvgIpc) is 2.76. The van der Waals surface area contributed by atoms with Crippen LogP contribution in [-0.4, -0.2) is 35.4 Å². The van der Waals surface area contributed by atoms with Gasteiger partial charge in [-0.05, 0) is 12.1 Å². The van der Waals surface area contributed by atoms with Crippen molar-refractivity contribution in [2.24, 2.45) is 0 Å². The van der Waals surface area contributed by atoms with Crippen molar-refractivity contribution >= 4 is 5.69 Å². The molecular weight excluding hydrogens is 255 g/mol. The summed E-state index contributed by atoms with van der Waals surface area (Å²) in [6.07, 6.45) is 0.519. The van der Waals surface area contributed by atoms with Gasteiger partial charge in [0, 0.05) is 37.7 Å². The van der Waals surface area contributed by atoms with E-state index in [1.54, 1.807) is 0 Å². The summed E-state index contributed by atoms with van der Waals surface area (Å²) >= 11 is 0. The highest BCUT2D eigenvalue weighted by atomic mass is 19.1. The molecule has 1 atom stereocenters. The average molecular weight is 270 g/mol. The van der Waals surface area contributed by atoms with E-state index >= 15 is 0 Å². The molecular formula is C12H15FN2O4. The van der Waals surface area contributed by atoms with Gasteiger partial charge < -0.3 is 15.2 Å². The quantitative estimate of drug-likeness (QED) is 0.615. The van der Waals surface area contributed by atoms with Crippen LogP contribution in [0.5, 0.6) is 0 Å². The number of benzene rings is 1. The van der Waals surface area contributed by atoms with Crippen LogP contribution < -0.4 is 5.32 Å². The second-order valence-corrected chi connectivity index (χ2v) is 4.66. The van der Waals surface area contributed by atoms with E-state index in [-0.39, 0.29) is 30.9 Å². The maximum Gasteiger partial charge on any atom is 0.274 e. The summed E-state index contributed by atoms with van der Waals surface area (Å²) in [5, 5.41) is 23.7. The number of nitro benzene ring substituents is 1. The molecule has 1 unspecified atom stereocenters. The van der Waals surface area contributed by atoms with E-state index in [2.05, 4.69) is 5.32 Å². The topological polar surface area (TPSA) is 84.6 Å². The molecule has 1 saturated heterocycles. The largest absolute Gasteiger partial charge is 0.386 e. The van der Waals surface area contributed by atoms with Gasteiger partial charge in [-0.15, -0.1) is 0 Å². The van der Waals surface area contributed by atoms with Gasteiger partial charge >= 0.3 is 0 Å². The van der Waals surface area contributed by atoms with E-state index in [1.807, 2.05) is 0 Å². The molecule has 0 amide bonds. The summed E-state index contributed by atoms with van der Waals surface area (Å²) in [5.41, 5.74) is -0.821. The van der Waals surface area contributed by atoms with Gasteiger partial charge in [0.05, 0.1) is 11.5 Å². The van der Waals surface area contributed by atoms with Crippen LogP contribution in [0, 0.1) is 15.9 Å². The second kappa shape index (κ2) is 5.60. The van der Waals surface area contributed by atoms with Crippen molar-refractivity contribution in [2.45, 2.75) is 18.6 Å². The Kier molecular flexibility index (Phi) is 4.08. The summed E-state index contributed by atoms with van der Waals surface area (Å²) in [6.45, 7) is 1.11. The third-order valence-electron chi connectivity index (χ3n) is 3.09. The molecule has 6 nitrogen and oxygen atoms in total. The van der Waals surface area contributed by atoms with Crippen LogP contribution in [0.3, 0.4) is 0 Å². The molecule has 19 heavy (non-hydrogen) atoms. The lowest BCUT2D eigenvalue weighted by molar-refractivity contribution is -0.385. The first-order valence-corrected chi connectivity index (χ1v) is 5.94. The molecule has 7 heteroatoms. The van der Waals surface area contributed by atoms with Gasteiger partial charge in [0.15, 0.2) is 0 Å². The van der Waals surface area contributed by atoms with Crippen molar-refractivity contribution in [3.63, 3.8) is 0 Å². The van der Waals surface area contributed by atoms with Crippen molar-refractivity contribution < 1.29 is 19.2 Å². The molecule has 1 aliphatic heterocycles. The predicted octanol–water partition coefficient (Wildman–Crippen LogP) is 0.975. The third kappa shape index (κ3) is 3.46. The Balaban J connectivity index is 1.98. The highest BCUT2D eigenvalue weighted by Gasteiger charge is 2.31. The van der Waals surface area contributed by atoms with Crippen LogP contribution in [-0.2, 0) is 11.3 Å². The number of halogens is 1. The molecule has 0 saturated carbocycles. The fourth-order valence-electron chi connectivity index (χ4n) is 2.04. The minimum Gasteiger partial charge on any atom is -0.386 e. The van der Waals surface area contributed by atoms with Crippen LogP contribution >= 0.6 is 0 Å². The molecule has 0 spiro atoms. The van der Waals surface area contributed by atoms with Crippen LogP contribution in [0.1, 0.15) is 12.0 Å². The fraction of sp³-hybridized carbons (Fsp3) is 0.500. The molecule has 0 radical (unpaired) electrons. The molecule has 1 aromatic rings. The van der Waals surface area contributed by atoms with Crippen molar-refractivity contribution in [1.82, 2.24) is 5.32 Å². The molecule has 2 N–H and O–H groups in total. The van der Waals surface area contributed by atoms with Crippen molar-refractivity contribution in [3.8, 4) is 0 Å². The Labute approximate surface area is 109 Å². The number of nitro groups is 1. The number of aliphatic hydroxyl groups is 1. The lowest BCUT2D eigenvalue weighted by atomic mass is 10.0. The first kappa shape index (κ1) is 13.9. The van der Waals surface area contributed by atoms with Gasteiger partial charge in [0.1, 0.15) is 11.4 Å². The number of nitrogens with zero attached hydrogens (tertiary/aromatic N) is 1. The summed E-state index contributed by atoms with van der Waals surface area (Å²) in [6, 6.07) is 3.32. The standard InChI is InChI=1S/C12H15FN2O4/c13-10-1-2-11(15(17)18)9(5-10)6-14-7-12(16)3-4-19-8-12/h1-2,5,14,16H,3-4,6-8H2. The minimum absolute atomic E-state index is 0.121. The normalized spacial score (nSPS) is 22.6. The Bertz CT molecular complexity index is 475. The molecule has 0 aromatic heterocycles. The number of nitrogens with one attached hydrogen (secondary N) is 1. The Morgan fingerprint density at radius 2 is 2.37 bits per heavy atom. The smallest absolute Gasteiger partial charge is 0.274 e. The minimum atomic E-state index is -0.942. The van der Waals surface area contributed by atoms with E-state index in [0.717, 1.165) is 18.2 Å². The third-order valence-corrected chi connectivity index (χ3v) is 3.09. The van der Waals surface area contributed by atoms with Crippen molar-refractivity contribution in [2.75, 3.05) is 19.8 Å². The van der Waals surface area contributed by atoms with E-state index < -0.39 is 16.3 Å². The highest BCUT2D eigenvalue weighted by molar-refractivity contribution is 5.40. The van der Waals surface area contributed by atoms with E-state index in [1.165, 1.54) is 0 Å². The molecule has 2 rings (SSSR count). The number of ether oxygens (including phenoxy) is 1. The van der Waals surface area contributed by atoms with Crippen LogP contribution in [0.2, 0.25) is 0 Å². The Morgan fingerprint density at radius 1 is 1.58 bits per heavy atom. The molecule has 0 bridgehead atoms. The zero-order chi connectivity index (χ0) is 13.9. The lowest BCUT2D eigenvalue weighted by Crippen LogP contribution is -2.40. The highest BCUT2D eigenvalue weighted by Crippen LogP contribution is 2.20. The van der Waals surface area contributed by atoms with Gasteiger partial charge in [-0.25, -0.2) is 4.39 Å². The molecule has 1 heterocycles. The van der Waals surface area contributed by atoms with E-state index in [9.17, 15) is 19.6 Å². The Morgan fingerprint density at radius 3 is 3.00 bits per heavy atom. The zero-order valence-electron chi connectivity index (χ0n) is 10.3. The predicted molar refractivity (Wildman–Crippen MR) is 65.1 cm³/mol. The van der Waals surface area contributed by atoms with Crippen molar-refractivity contribution in [1.29, 1.82) is 0 Å². The van der Waals surface area contributed by atoms with Gasteiger partial charge in [-0.1, -0.05) is 0 Å². The van der Waals surface area contributed by atoms with Gasteiger partial charge in [-0.3, -0.25) is 10.1 Å². The molecule has 0 aliphatic carbocycles. The number of hydrogen-bond donors (Lipinski definition) is 2. The number of rotatable bonds is 5. The maximum absolute atomic E-state index is 13.1. The molecule has 104 valence electrons. The van der Waals surface area contributed by atoms with Crippen LogP contribution in [0.4, 0.5) is 10.1 Å². The summed E-state index contributed by atoms with van der Waals surface area (Å²) in [5.74, 6) is -0.523. The fourth-order valence-corrected chi connectivity index (χ4v) is 2.04. The van der Waals surface area contributed by atoms with Crippen LogP contribution in [0.25, 0.3) is 0 Å². The zero-order valence-corrected chi connectivity index (χ0v) is 10.3. The first-order valence-electron chi connectivity index (χ1n) is 5.94. The maximum atomic E-state index is 13.1. The van der Waals surface area contributed by atoms with Crippen molar-refractivity contribution in [3.05, 3.63) is 39.7 Å². The Hall–Kier alpha value is -1.57. The molecule has 1 fully saturated rings. The number of hydrogen-bond acceptors (Lipinski definition) is 5. The van der Waals surface area contributed by atoms with E-state index in [0.29, 0.717) is 13.0 Å². The SMILES string of the molecule is O=[N+]([O-])c1ccc(F)cc1CNCC1(O)CCOC1. The summed E-state index contributed by atoms with van der Waals surface area (Å²) < 4.78 is 18.2. The van der Waals surface area contributed by atoms with Crippen LogP contribution in [0.15, 0.2) is 18.2 Å². The second-order valence-electron chi connectivity index (χ2n) is 4.66. The van der Waals surface area contributed by atoms with E-state index in [4.69, 9.17) is 4.74 Å². The van der Waals surface area contributed by atoms with Gasteiger partial charge in [0.2, 0.25) is 0 Å². The summed E-state index contributed by atoms with van der Waals surface area (Å²) in [4.78, 5) is 10.2. The monoisotopic (exact) mass is 270 g/mol. The lowest BCUT2D eigenvalue weighted by Gasteiger charge is -2.20. The van der Waals surface area contributed by atoms with Gasteiger partial charge in [-0.2, -0.15) is 0 Å². The summed E-state index contributed by atoms with van der Waals surface area (Å²) in [7, 11) is 0. The van der Waals surface area contributed by atoms with Gasteiger partial charge in [0.25, 0.3) is 5.69 Å². The molecule has 1 aliphatic rings. The molecule has 1 aromatic carbocycles.